The Kier molecular flexibility index (Phi) is 6.11. The number of ether oxygens (including phenoxy) is 1. The van der Waals surface area contributed by atoms with Gasteiger partial charge in [-0.3, -0.25) is 19.9 Å². The quantitative estimate of drug-likeness (QED) is 0.763. The van der Waals surface area contributed by atoms with Gasteiger partial charge in [0.25, 0.3) is 5.24 Å². The van der Waals surface area contributed by atoms with Crippen molar-refractivity contribution < 1.29 is 19.4 Å². The Labute approximate surface area is 156 Å². The van der Waals surface area contributed by atoms with Crippen LogP contribution in [0.1, 0.15) is 37.1 Å². The van der Waals surface area contributed by atoms with E-state index in [1.807, 2.05) is 30.4 Å². The van der Waals surface area contributed by atoms with Crippen LogP contribution in [0.25, 0.3) is 0 Å². The standard InChI is InChI=1S/C19H22N2O4S/c1-2-12-5-8-15(20-10-12)16(22)11-25-14-6-3-13(4-7-14)9-17-18(23)21-19(24)26-17/h3,5-8,10,13,16-17,22H,2,4,9,11H2,1H3,(H,21,23,24). The number of nitrogens with one attached hydrogen (secondary N) is 1. The van der Waals surface area contributed by atoms with Crippen LogP contribution in [0, 0.1) is 5.92 Å². The van der Waals surface area contributed by atoms with Crippen LogP contribution in [0.4, 0.5) is 4.79 Å². The summed E-state index contributed by atoms with van der Waals surface area (Å²) in [5.74, 6) is 0.693. The summed E-state index contributed by atoms with van der Waals surface area (Å²) in [5, 5.41) is 11.9. The number of imide groups is 1. The molecule has 6 nitrogen and oxygen atoms in total. The summed E-state index contributed by atoms with van der Waals surface area (Å²) in [6.07, 6.45) is 9.06. The van der Waals surface area contributed by atoms with Gasteiger partial charge in [-0.25, -0.2) is 0 Å². The van der Waals surface area contributed by atoms with Crippen LogP contribution in [-0.4, -0.2) is 33.1 Å². The van der Waals surface area contributed by atoms with Gasteiger partial charge in [0.2, 0.25) is 5.91 Å². The second-order valence-electron chi connectivity index (χ2n) is 6.35. The molecule has 0 bridgehead atoms. The van der Waals surface area contributed by atoms with Crippen LogP contribution >= 0.6 is 11.8 Å². The number of thioether (sulfide) groups is 1. The van der Waals surface area contributed by atoms with Gasteiger partial charge >= 0.3 is 0 Å². The number of pyridine rings is 1. The van der Waals surface area contributed by atoms with Crippen molar-refractivity contribution in [3.05, 3.63) is 53.6 Å². The lowest BCUT2D eigenvalue weighted by molar-refractivity contribution is -0.119. The van der Waals surface area contributed by atoms with Gasteiger partial charge in [0.15, 0.2) is 0 Å². The molecule has 1 saturated heterocycles. The maximum absolute atomic E-state index is 11.6. The number of allylic oxidation sites excluding steroid dienone is 3. The Morgan fingerprint density at radius 3 is 2.85 bits per heavy atom. The summed E-state index contributed by atoms with van der Waals surface area (Å²) < 4.78 is 5.66. The van der Waals surface area contributed by atoms with Crippen molar-refractivity contribution in [2.45, 2.75) is 37.5 Å². The van der Waals surface area contributed by atoms with Crippen molar-refractivity contribution in [3.8, 4) is 0 Å². The van der Waals surface area contributed by atoms with Crippen molar-refractivity contribution in [2.24, 2.45) is 5.92 Å². The molecule has 26 heavy (non-hydrogen) atoms. The molecule has 1 aromatic rings. The Hall–Kier alpha value is -2.12. The van der Waals surface area contributed by atoms with Crippen molar-refractivity contribution in [1.82, 2.24) is 10.3 Å². The van der Waals surface area contributed by atoms with Gasteiger partial charge in [0.05, 0.1) is 10.9 Å². The molecule has 3 unspecified atom stereocenters. The molecule has 0 saturated carbocycles. The number of aryl methyl sites for hydroxylation is 1. The van der Waals surface area contributed by atoms with E-state index in [-0.39, 0.29) is 28.9 Å². The fraction of sp³-hybridized carbons (Fsp3) is 0.421. The van der Waals surface area contributed by atoms with Crippen LogP contribution in [0.5, 0.6) is 0 Å². The number of aliphatic hydroxyl groups excluding tert-OH is 1. The molecule has 0 aromatic carbocycles. The molecule has 1 aliphatic heterocycles. The van der Waals surface area contributed by atoms with Crippen LogP contribution in [0.2, 0.25) is 0 Å². The van der Waals surface area contributed by atoms with E-state index < -0.39 is 6.10 Å². The first-order chi connectivity index (χ1) is 12.5. The van der Waals surface area contributed by atoms with E-state index in [9.17, 15) is 14.7 Å². The number of amides is 2. The molecule has 1 fully saturated rings. The maximum Gasteiger partial charge on any atom is 0.286 e. The third-order valence-electron chi connectivity index (χ3n) is 4.44. The molecule has 2 aliphatic rings. The Morgan fingerprint density at radius 1 is 1.42 bits per heavy atom. The SMILES string of the molecule is CCc1ccc(C(O)COC2=CCC(CC3SC(=O)NC3=O)C=C2)nc1. The fourth-order valence-corrected chi connectivity index (χ4v) is 3.78. The third kappa shape index (κ3) is 4.74. The predicted octanol–water partition coefficient (Wildman–Crippen LogP) is 2.90. The third-order valence-corrected chi connectivity index (χ3v) is 5.45. The van der Waals surface area contributed by atoms with Crippen molar-refractivity contribution in [3.63, 3.8) is 0 Å². The molecular formula is C19H22N2O4S. The fourth-order valence-electron chi connectivity index (χ4n) is 2.85. The summed E-state index contributed by atoms with van der Waals surface area (Å²) in [6.45, 7) is 2.19. The number of aliphatic hydroxyl groups is 1. The van der Waals surface area contributed by atoms with Crippen LogP contribution in [-0.2, 0) is 16.0 Å². The minimum Gasteiger partial charge on any atom is -0.491 e. The van der Waals surface area contributed by atoms with E-state index in [0.717, 1.165) is 30.2 Å². The highest BCUT2D eigenvalue weighted by molar-refractivity contribution is 8.15. The summed E-state index contributed by atoms with van der Waals surface area (Å²) >= 11 is 1.06. The zero-order valence-corrected chi connectivity index (χ0v) is 15.4. The van der Waals surface area contributed by atoms with Gasteiger partial charge in [-0.2, -0.15) is 0 Å². The highest BCUT2D eigenvalue weighted by Gasteiger charge is 2.33. The highest BCUT2D eigenvalue weighted by atomic mass is 32.2. The first-order valence-electron chi connectivity index (χ1n) is 8.70. The largest absolute Gasteiger partial charge is 0.491 e. The van der Waals surface area contributed by atoms with Crippen LogP contribution < -0.4 is 5.32 Å². The molecule has 2 amide bonds. The van der Waals surface area contributed by atoms with E-state index in [0.29, 0.717) is 17.9 Å². The molecule has 7 heteroatoms. The second-order valence-corrected chi connectivity index (χ2v) is 7.53. The molecule has 2 heterocycles. The number of hydrogen-bond acceptors (Lipinski definition) is 6. The number of rotatable bonds is 7. The van der Waals surface area contributed by atoms with Crippen molar-refractivity contribution in [2.75, 3.05) is 6.61 Å². The number of hydrogen-bond donors (Lipinski definition) is 2. The average Bonchev–Trinajstić information content (AvgIpc) is 2.98. The van der Waals surface area contributed by atoms with Gasteiger partial charge in [-0.1, -0.05) is 30.8 Å². The Morgan fingerprint density at radius 2 is 2.27 bits per heavy atom. The van der Waals surface area contributed by atoms with Crippen LogP contribution in [0.3, 0.4) is 0 Å². The second kappa shape index (κ2) is 8.51. The Bertz CT molecular complexity index is 730. The smallest absolute Gasteiger partial charge is 0.286 e. The molecule has 3 atom stereocenters. The molecule has 2 N–H and O–H groups in total. The van der Waals surface area contributed by atoms with Crippen LogP contribution in [0.15, 0.2) is 42.3 Å². The van der Waals surface area contributed by atoms with E-state index in [1.54, 1.807) is 6.20 Å². The lowest BCUT2D eigenvalue weighted by Crippen LogP contribution is -2.25. The van der Waals surface area contributed by atoms with E-state index >= 15 is 0 Å². The number of carbonyl (C=O) groups excluding carboxylic acids is 2. The lowest BCUT2D eigenvalue weighted by Gasteiger charge is -2.19. The zero-order chi connectivity index (χ0) is 18.5. The molecule has 3 rings (SSSR count). The number of carbonyl (C=O) groups is 2. The van der Waals surface area contributed by atoms with Gasteiger partial charge in [0, 0.05) is 6.20 Å². The van der Waals surface area contributed by atoms with Gasteiger partial charge in [0.1, 0.15) is 18.5 Å². The molecule has 0 radical (unpaired) electrons. The van der Waals surface area contributed by atoms with Crippen molar-refractivity contribution in [1.29, 1.82) is 0 Å². The molecule has 1 aromatic heterocycles. The minimum atomic E-state index is -0.780. The van der Waals surface area contributed by atoms with E-state index in [2.05, 4.69) is 17.2 Å². The molecule has 1 aliphatic carbocycles. The normalized spacial score (nSPS) is 23.5. The predicted molar refractivity (Wildman–Crippen MR) is 99.4 cm³/mol. The Balaban J connectivity index is 1.45. The topological polar surface area (TPSA) is 88.5 Å². The molecular weight excluding hydrogens is 352 g/mol. The summed E-state index contributed by atoms with van der Waals surface area (Å²) in [4.78, 5) is 27.1. The molecule has 0 spiro atoms. The van der Waals surface area contributed by atoms with Gasteiger partial charge in [-0.05, 0) is 49.0 Å². The average molecular weight is 374 g/mol. The monoisotopic (exact) mass is 374 g/mol. The first kappa shape index (κ1) is 18.7. The zero-order valence-electron chi connectivity index (χ0n) is 14.6. The lowest BCUT2D eigenvalue weighted by atomic mass is 9.94. The summed E-state index contributed by atoms with van der Waals surface area (Å²) in [7, 11) is 0. The number of aromatic nitrogens is 1. The first-order valence-corrected chi connectivity index (χ1v) is 9.58. The van der Waals surface area contributed by atoms with Gasteiger partial charge in [-0.15, -0.1) is 0 Å². The van der Waals surface area contributed by atoms with E-state index in [4.69, 9.17) is 4.74 Å². The van der Waals surface area contributed by atoms with E-state index in [1.165, 1.54) is 0 Å². The summed E-state index contributed by atoms with van der Waals surface area (Å²) in [5.41, 5.74) is 1.72. The molecule has 138 valence electrons. The van der Waals surface area contributed by atoms with Crippen molar-refractivity contribution >= 4 is 22.9 Å². The number of nitrogens with zero attached hydrogens (tertiary/aromatic N) is 1. The van der Waals surface area contributed by atoms with Gasteiger partial charge < -0.3 is 9.84 Å². The summed E-state index contributed by atoms with van der Waals surface area (Å²) in [6, 6.07) is 3.78. The minimum absolute atomic E-state index is 0.134. The highest BCUT2D eigenvalue weighted by Crippen LogP contribution is 2.30. The maximum atomic E-state index is 11.6.